The summed E-state index contributed by atoms with van der Waals surface area (Å²) in [6.45, 7) is 0.573. The van der Waals surface area contributed by atoms with E-state index in [-0.39, 0.29) is 6.54 Å². The number of rotatable bonds is 0. The van der Waals surface area contributed by atoms with Crippen LogP contribution in [0.5, 0.6) is 0 Å². The van der Waals surface area contributed by atoms with Gasteiger partial charge in [0.15, 0.2) is 0 Å². The molecule has 1 aliphatic heterocycles. The van der Waals surface area contributed by atoms with E-state index in [4.69, 9.17) is 0 Å². The van der Waals surface area contributed by atoms with E-state index in [0.717, 1.165) is 6.61 Å². The van der Waals surface area contributed by atoms with Crippen LogP contribution >= 0.6 is 0 Å². The standard InChI is InChI=1S/C4H5F3NO/c5-4(6,7)3-1-8-9-2-3/h2-3,8H,1H2. The lowest BCUT2D eigenvalue weighted by Crippen LogP contribution is -2.24. The van der Waals surface area contributed by atoms with E-state index in [1.165, 1.54) is 0 Å². The highest BCUT2D eigenvalue weighted by molar-refractivity contribution is 4.79. The van der Waals surface area contributed by atoms with Crippen LogP contribution in [0.25, 0.3) is 0 Å². The Balaban J connectivity index is 2.42. The van der Waals surface area contributed by atoms with Crippen LogP contribution in [0.4, 0.5) is 13.2 Å². The maximum atomic E-state index is 11.6. The van der Waals surface area contributed by atoms with E-state index in [2.05, 4.69) is 10.3 Å². The summed E-state index contributed by atoms with van der Waals surface area (Å²) in [7, 11) is 0. The monoisotopic (exact) mass is 140 g/mol. The van der Waals surface area contributed by atoms with E-state index in [1.54, 1.807) is 0 Å². The fraction of sp³-hybridized carbons (Fsp3) is 0.750. The highest BCUT2D eigenvalue weighted by Gasteiger charge is 2.42. The number of nitrogens with one attached hydrogen (secondary N) is 1. The van der Waals surface area contributed by atoms with Gasteiger partial charge in [0, 0.05) is 6.54 Å². The Morgan fingerprint density at radius 1 is 1.56 bits per heavy atom. The number of hydrogen-bond donors (Lipinski definition) is 1. The maximum absolute atomic E-state index is 11.6. The summed E-state index contributed by atoms with van der Waals surface area (Å²) in [5, 5.41) is 0. The first-order chi connectivity index (χ1) is 4.11. The zero-order valence-electron chi connectivity index (χ0n) is 4.40. The Kier molecular flexibility index (Phi) is 1.63. The molecule has 0 saturated carbocycles. The number of hydroxylamine groups is 1. The molecule has 0 amide bonds. The van der Waals surface area contributed by atoms with E-state index < -0.39 is 12.1 Å². The smallest absolute Gasteiger partial charge is 0.295 e. The second-order valence-corrected chi connectivity index (χ2v) is 1.75. The van der Waals surface area contributed by atoms with Crippen molar-refractivity contribution in [3.05, 3.63) is 6.61 Å². The average molecular weight is 140 g/mol. The van der Waals surface area contributed by atoms with Crippen molar-refractivity contribution in [1.29, 1.82) is 0 Å². The molecule has 1 saturated heterocycles. The molecule has 9 heavy (non-hydrogen) atoms. The van der Waals surface area contributed by atoms with Gasteiger partial charge in [-0.15, -0.1) is 0 Å². The van der Waals surface area contributed by atoms with Crippen molar-refractivity contribution < 1.29 is 18.0 Å². The molecule has 0 aromatic rings. The summed E-state index contributed by atoms with van der Waals surface area (Å²) in [6.07, 6.45) is -4.16. The molecule has 1 rings (SSSR count). The van der Waals surface area contributed by atoms with Gasteiger partial charge in [0.05, 0.1) is 0 Å². The Morgan fingerprint density at radius 3 is 2.44 bits per heavy atom. The van der Waals surface area contributed by atoms with Gasteiger partial charge in [-0.05, 0) is 0 Å². The van der Waals surface area contributed by atoms with Crippen molar-refractivity contribution in [2.45, 2.75) is 6.18 Å². The summed E-state index contributed by atoms with van der Waals surface area (Å²) < 4.78 is 34.8. The molecule has 0 bridgehead atoms. The molecule has 1 aliphatic rings. The molecule has 5 heteroatoms. The van der Waals surface area contributed by atoms with Crippen molar-refractivity contribution in [1.82, 2.24) is 5.48 Å². The van der Waals surface area contributed by atoms with E-state index >= 15 is 0 Å². The Labute approximate surface area is 49.9 Å². The van der Waals surface area contributed by atoms with Gasteiger partial charge in [0.2, 0.25) is 0 Å². The third-order valence-corrected chi connectivity index (χ3v) is 1.04. The zero-order chi connectivity index (χ0) is 6.91. The van der Waals surface area contributed by atoms with Crippen LogP contribution in [0.1, 0.15) is 0 Å². The summed E-state index contributed by atoms with van der Waals surface area (Å²) in [6, 6.07) is 0. The molecule has 2 nitrogen and oxygen atoms in total. The quantitative estimate of drug-likeness (QED) is 0.538. The lowest BCUT2D eigenvalue weighted by atomic mass is 10.2. The fourth-order valence-corrected chi connectivity index (χ4v) is 0.509. The third-order valence-electron chi connectivity index (χ3n) is 1.04. The molecule has 1 fully saturated rings. The number of halogens is 3. The van der Waals surface area contributed by atoms with Gasteiger partial charge >= 0.3 is 6.18 Å². The first-order valence-corrected chi connectivity index (χ1v) is 2.39. The predicted molar refractivity (Wildman–Crippen MR) is 22.9 cm³/mol. The summed E-state index contributed by atoms with van der Waals surface area (Å²) in [4.78, 5) is 4.19. The minimum atomic E-state index is -4.16. The normalized spacial score (nSPS) is 29.0. The van der Waals surface area contributed by atoms with Crippen molar-refractivity contribution in [2.24, 2.45) is 5.92 Å². The number of alkyl halides is 3. The molecule has 0 aliphatic carbocycles. The molecule has 1 atom stereocenters. The summed E-state index contributed by atoms with van der Waals surface area (Å²) >= 11 is 0. The molecule has 1 radical (unpaired) electrons. The fourth-order valence-electron chi connectivity index (χ4n) is 0.509. The first kappa shape index (κ1) is 6.82. The molecular weight excluding hydrogens is 135 g/mol. The van der Waals surface area contributed by atoms with Crippen LogP contribution < -0.4 is 5.48 Å². The second kappa shape index (κ2) is 2.15. The van der Waals surface area contributed by atoms with E-state index in [1.807, 2.05) is 0 Å². The lowest BCUT2D eigenvalue weighted by molar-refractivity contribution is -0.162. The van der Waals surface area contributed by atoms with Gasteiger partial charge in [-0.1, -0.05) is 0 Å². The average Bonchev–Trinajstić information content (AvgIpc) is 2.08. The molecular formula is C4H5F3NO. The van der Waals surface area contributed by atoms with Crippen LogP contribution in [0.2, 0.25) is 0 Å². The van der Waals surface area contributed by atoms with Gasteiger partial charge in [0.25, 0.3) is 0 Å². The van der Waals surface area contributed by atoms with E-state index in [9.17, 15) is 13.2 Å². The minimum Gasteiger partial charge on any atom is -0.295 e. The SMILES string of the molecule is FC(F)(F)C1[CH]ONC1. The van der Waals surface area contributed by atoms with Crippen LogP contribution in [-0.4, -0.2) is 12.7 Å². The van der Waals surface area contributed by atoms with Crippen molar-refractivity contribution in [2.75, 3.05) is 6.54 Å². The van der Waals surface area contributed by atoms with Crippen LogP contribution in [0.15, 0.2) is 0 Å². The number of hydrogen-bond acceptors (Lipinski definition) is 2. The van der Waals surface area contributed by atoms with Crippen LogP contribution in [0, 0.1) is 12.5 Å². The van der Waals surface area contributed by atoms with Gasteiger partial charge in [-0.2, -0.15) is 13.2 Å². The zero-order valence-corrected chi connectivity index (χ0v) is 4.40. The molecule has 0 spiro atoms. The maximum Gasteiger partial charge on any atom is 0.395 e. The second-order valence-electron chi connectivity index (χ2n) is 1.75. The van der Waals surface area contributed by atoms with E-state index in [0.29, 0.717) is 0 Å². The van der Waals surface area contributed by atoms with Gasteiger partial charge in [0.1, 0.15) is 12.5 Å². The van der Waals surface area contributed by atoms with Gasteiger partial charge in [-0.3, -0.25) is 4.84 Å². The van der Waals surface area contributed by atoms with Crippen molar-refractivity contribution in [3.63, 3.8) is 0 Å². The van der Waals surface area contributed by atoms with Gasteiger partial charge < -0.3 is 0 Å². The Hall–Kier alpha value is -0.290. The molecule has 0 aromatic heterocycles. The lowest BCUT2D eigenvalue weighted by Gasteiger charge is -2.09. The molecule has 1 heterocycles. The minimum absolute atomic E-state index is 0.177. The van der Waals surface area contributed by atoms with Crippen molar-refractivity contribution in [3.8, 4) is 0 Å². The molecule has 0 aromatic carbocycles. The Morgan fingerprint density at radius 2 is 2.22 bits per heavy atom. The largest absolute Gasteiger partial charge is 0.395 e. The van der Waals surface area contributed by atoms with Crippen LogP contribution in [0.3, 0.4) is 0 Å². The molecule has 1 N–H and O–H groups in total. The Bertz CT molecular complexity index is 96.5. The van der Waals surface area contributed by atoms with Gasteiger partial charge in [-0.25, -0.2) is 5.48 Å². The van der Waals surface area contributed by atoms with Crippen LogP contribution in [-0.2, 0) is 4.84 Å². The summed E-state index contributed by atoms with van der Waals surface area (Å²) in [5.74, 6) is -1.45. The molecule has 53 valence electrons. The third kappa shape index (κ3) is 1.56. The highest BCUT2D eigenvalue weighted by atomic mass is 19.4. The summed E-state index contributed by atoms with van der Waals surface area (Å²) in [5.41, 5.74) is 2.10. The highest BCUT2D eigenvalue weighted by Crippen LogP contribution is 2.29. The first-order valence-electron chi connectivity index (χ1n) is 2.39. The molecule has 1 unspecified atom stereocenters. The predicted octanol–water partition coefficient (Wildman–Crippen LogP) is 0.861. The topological polar surface area (TPSA) is 21.3 Å². The van der Waals surface area contributed by atoms with Crippen molar-refractivity contribution >= 4 is 0 Å².